The third-order valence-electron chi connectivity index (χ3n) is 6.15. The molecular formula is C19H39NO. The lowest BCUT2D eigenvalue weighted by atomic mass is 9.67. The van der Waals surface area contributed by atoms with Crippen molar-refractivity contribution >= 4 is 0 Å². The lowest BCUT2D eigenvalue weighted by molar-refractivity contribution is -0.0352. The van der Waals surface area contributed by atoms with E-state index in [4.69, 9.17) is 0 Å². The van der Waals surface area contributed by atoms with Gasteiger partial charge in [0.15, 0.2) is 0 Å². The molecule has 126 valence electrons. The van der Waals surface area contributed by atoms with Crippen molar-refractivity contribution in [2.24, 2.45) is 11.3 Å². The van der Waals surface area contributed by atoms with Gasteiger partial charge in [0, 0.05) is 12.1 Å². The molecule has 0 radical (unpaired) electrons. The molecule has 4 atom stereocenters. The molecule has 0 bridgehead atoms. The molecule has 0 spiro atoms. The normalized spacial score (nSPS) is 28.9. The number of unbranched alkanes of at least 4 members (excludes halogenated alkanes) is 1. The van der Waals surface area contributed by atoms with E-state index >= 15 is 0 Å². The van der Waals surface area contributed by atoms with Gasteiger partial charge in [0.05, 0.1) is 6.10 Å². The minimum absolute atomic E-state index is 0.125. The summed E-state index contributed by atoms with van der Waals surface area (Å²) in [7, 11) is 0. The van der Waals surface area contributed by atoms with E-state index in [1.807, 2.05) is 0 Å². The summed E-state index contributed by atoms with van der Waals surface area (Å²) in [6.07, 6.45) is 8.12. The molecule has 2 heteroatoms. The first-order chi connectivity index (χ1) is 9.87. The molecule has 0 amide bonds. The number of nitrogens with zero attached hydrogens (tertiary/aromatic N) is 1. The Morgan fingerprint density at radius 3 is 2.38 bits per heavy atom. The van der Waals surface area contributed by atoms with E-state index in [0.717, 1.165) is 18.9 Å². The van der Waals surface area contributed by atoms with E-state index in [9.17, 15) is 5.11 Å². The van der Waals surface area contributed by atoms with Crippen LogP contribution in [0.5, 0.6) is 0 Å². The first kappa shape index (κ1) is 19.0. The molecule has 0 aliphatic heterocycles. The Bertz CT molecular complexity index is 289. The number of hydrogen-bond donors (Lipinski definition) is 1. The van der Waals surface area contributed by atoms with Gasteiger partial charge in [-0.25, -0.2) is 0 Å². The molecule has 1 N–H and O–H groups in total. The van der Waals surface area contributed by atoms with Crippen LogP contribution in [0.3, 0.4) is 0 Å². The summed E-state index contributed by atoms with van der Waals surface area (Å²) in [6, 6.07) is 0.954. The molecule has 1 saturated carbocycles. The Balaban J connectivity index is 2.83. The Morgan fingerprint density at radius 2 is 1.86 bits per heavy atom. The van der Waals surface area contributed by atoms with E-state index in [0.29, 0.717) is 17.5 Å². The summed E-state index contributed by atoms with van der Waals surface area (Å²) in [5, 5.41) is 10.6. The largest absolute Gasteiger partial charge is 0.391 e. The Hall–Kier alpha value is -0.0800. The first-order valence-corrected chi connectivity index (χ1v) is 9.31. The zero-order valence-corrected chi connectivity index (χ0v) is 15.4. The van der Waals surface area contributed by atoms with Crippen LogP contribution in [0.1, 0.15) is 86.5 Å². The van der Waals surface area contributed by atoms with Crippen molar-refractivity contribution in [3.05, 3.63) is 0 Å². The van der Waals surface area contributed by atoms with E-state index < -0.39 is 0 Å². The van der Waals surface area contributed by atoms with Crippen LogP contribution in [0, 0.1) is 11.3 Å². The maximum absolute atomic E-state index is 10.6. The van der Waals surface area contributed by atoms with Crippen molar-refractivity contribution in [3.8, 4) is 0 Å². The summed E-state index contributed by atoms with van der Waals surface area (Å²) in [4.78, 5) is 2.62. The second-order valence-electron chi connectivity index (χ2n) is 7.84. The molecular weight excluding hydrogens is 258 g/mol. The number of aliphatic hydroxyl groups excluding tert-OH is 1. The predicted octanol–water partition coefficient (Wildman–Crippen LogP) is 4.85. The van der Waals surface area contributed by atoms with E-state index in [-0.39, 0.29) is 6.10 Å². The van der Waals surface area contributed by atoms with Crippen LogP contribution in [0.2, 0.25) is 0 Å². The number of aliphatic hydroxyl groups is 1. The lowest BCUT2D eigenvalue weighted by Gasteiger charge is -2.47. The predicted molar refractivity (Wildman–Crippen MR) is 92.6 cm³/mol. The highest BCUT2D eigenvalue weighted by Crippen LogP contribution is 2.42. The van der Waals surface area contributed by atoms with E-state index in [1.54, 1.807) is 0 Å². The average molecular weight is 298 g/mol. The minimum atomic E-state index is -0.125. The highest BCUT2D eigenvalue weighted by molar-refractivity contribution is 4.92. The van der Waals surface area contributed by atoms with Crippen LogP contribution in [0.15, 0.2) is 0 Å². The summed E-state index contributed by atoms with van der Waals surface area (Å²) in [5.41, 5.74) is 0.407. The maximum atomic E-state index is 10.6. The fourth-order valence-corrected chi connectivity index (χ4v) is 3.77. The standard InChI is InChI=1S/C19H39NO/c1-7-10-13-20(15(4)8-2)17-14-16(11-12-18(17)21)19(5,6)9-3/h15-18,21H,7-14H2,1-6H3. The summed E-state index contributed by atoms with van der Waals surface area (Å²) in [6.45, 7) is 15.1. The molecule has 0 aromatic rings. The van der Waals surface area contributed by atoms with Gasteiger partial charge in [0.2, 0.25) is 0 Å². The average Bonchev–Trinajstić information content (AvgIpc) is 2.48. The highest BCUT2D eigenvalue weighted by Gasteiger charge is 2.39. The fraction of sp³-hybridized carbons (Fsp3) is 1.00. The smallest absolute Gasteiger partial charge is 0.0695 e. The molecule has 1 fully saturated rings. The van der Waals surface area contributed by atoms with Gasteiger partial charge in [-0.1, -0.05) is 47.5 Å². The SMILES string of the molecule is CCCCN(C(C)CC)C1CC(C(C)(C)CC)CCC1O. The van der Waals surface area contributed by atoms with Gasteiger partial charge < -0.3 is 5.11 Å². The quantitative estimate of drug-likeness (QED) is 0.692. The molecule has 1 aliphatic rings. The van der Waals surface area contributed by atoms with Gasteiger partial charge >= 0.3 is 0 Å². The van der Waals surface area contributed by atoms with Crippen LogP contribution in [-0.4, -0.2) is 34.7 Å². The van der Waals surface area contributed by atoms with Crippen LogP contribution in [-0.2, 0) is 0 Å². The Morgan fingerprint density at radius 1 is 1.19 bits per heavy atom. The monoisotopic (exact) mass is 297 g/mol. The number of rotatable bonds is 8. The number of hydrogen-bond acceptors (Lipinski definition) is 2. The van der Waals surface area contributed by atoms with Gasteiger partial charge in [0.25, 0.3) is 0 Å². The third-order valence-corrected chi connectivity index (χ3v) is 6.15. The van der Waals surface area contributed by atoms with Crippen molar-refractivity contribution in [2.45, 2.75) is 105 Å². The van der Waals surface area contributed by atoms with Crippen molar-refractivity contribution in [2.75, 3.05) is 6.54 Å². The summed E-state index contributed by atoms with van der Waals surface area (Å²) < 4.78 is 0. The van der Waals surface area contributed by atoms with Crippen molar-refractivity contribution in [3.63, 3.8) is 0 Å². The van der Waals surface area contributed by atoms with E-state index in [2.05, 4.69) is 46.4 Å². The Labute approximate surface area is 133 Å². The lowest BCUT2D eigenvalue weighted by Crippen LogP contribution is -2.52. The zero-order valence-electron chi connectivity index (χ0n) is 15.4. The molecule has 4 unspecified atom stereocenters. The molecule has 0 saturated heterocycles. The minimum Gasteiger partial charge on any atom is -0.391 e. The molecule has 0 aromatic heterocycles. The third kappa shape index (κ3) is 4.96. The van der Waals surface area contributed by atoms with Gasteiger partial charge in [-0.05, 0) is 56.9 Å². The maximum Gasteiger partial charge on any atom is 0.0695 e. The van der Waals surface area contributed by atoms with E-state index in [1.165, 1.54) is 38.5 Å². The molecule has 0 aromatic carbocycles. The van der Waals surface area contributed by atoms with Crippen LogP contribution in [0.4, 0.5) is 0 Å². The Kier molecular flexibility index (Phi) is 7.70. The van der Waals surface area contributed by atoms with Crippen LogP contribution >= 0.6 is 0 Å². The van der Waals surface area contributed by atoms with Gasteiger partial charge in [-0.15, -0.1) is 0 Å². The van der Waals surface area contributed by atoms with Crippen molar-refractivity contribution in [1.82, 2.24) is 4.90 Å². The fourth-order valence-electron chi connectivity index (χ4n) is 3.77. The van der Waals surface area contributed by atoms with Gasteiger partial charge in [0.1, 0.15) is 0 Å². The topological polar surface area (TPSA) is 23.5 Å². The zero-order chi connectivity index (χ0) is 16.0. The second-order valence-corrected chi connectivity index (χ2v) is 7.84. The van der Waals surface area contributed by atoms with Gasteiger partial charge in [-0.2, -0.15) is 0 Å². The van der Waals surface area contributed by atoms with Crippen LogP contribution in [0.25, 0.3) is 0 Å². The summed E-state index contributed by atoms with van der Waals surface area (Å²) in [5.74, 6) is 0.754. The molecule has 1 aliphatic carbocycles. The van der Waals surface area contributed by atoms with Crippen molar-refractivity contribution < 1.29 is 5.11 Å². The van der Waals surface area contributed by atoms with Gasteiger partial charge in [-0.3, -0.25) is 4.90 Å². The van der Waals surface area contributed by atoms with Crippen molar-refractivity contribution in [1.29, 1.82) is 0 Å². The first-order valence-electron chi connectivity index (χ1n) is 9.31. The molecule has 2 nitrogen and oxygen atoms in total. The second kappa shape index (κ2) is 8.53. The summed E-state index contributed by atoms with van der Waals surface area (Å²) >= 11 is 0. The molecule has 21 heavy (non-hydrogen) atoms. The molecule has 1 rings (SSSR count). The highest BCUT2D eigenvalue weighted by atomic mass is 16.3. The van der Waals surface area contributed by atoms with Crippen LogP contribution < -0.4 is 0 Å². The molecule has 0 heterocycles.